The SMILES string of the molecule is [CH2]=[Hf+2].[Cl-].[Cl-].[c-]1cccc2c1c1c(c3ccccc32)-c2ccccc2C1.c1cc[cH-]c1.c1ccc(-c2ccccc2)cc1.c1ccc(-c2ccccc2)cc1. The van der Waals surface area contributed by atoms with E-state index in [4.69, 9.17) is 0 Å². The van der Waals surface area contributed by atoms with E-state index in [9.17, 15) is 0 Å². The molecular formula is C51H40Cl2Hf-2. The summed E-state index contributed by atoms with van der Waals surface area (Å²) in [6.45, 7) is 0. The summed E-state index contributed by atoms with van der Waals surface area (Å²) < 4.78 is 3.39. The van der Waals surface area contributed by atoms with Crippen LogP contribution in [0.3, 0.4) is 0 Å². The summed E-state index contributed by atoms with van der Waals surface area (Å²) in [5, 5.41) is 5.30. The van der Waals surface area contributed by atoms with Gasteiger partial charge in [-0.25, -0.2) is 12.1 Å². The van der Waals surface area contributed by atoms with Crippen LogP contribution in [0.25, 0.3) is 54.9 Å². The molecule has 1 aliphatic rings. The summed E-state index contributed by atoms with van der Waals surface area (Å²) in [6.07, 6.45) is 1.02. The predicted octanol–water partition coefficient (Wildman–Crippen LogP) is 7.45. The van der Waals surface area contributed by atoms with Gasteiger partial charge in [0.15, 0.2) is 0 Å². The second kappa shape index (κ2) is 22.2. The minimum Gasteiger partial charge on any atom is -1.00 e. The molecule has 0 radical (unpaired) electrons. The molecule has 1 aliphatic carbocycles. The normalized spacial score (nSPS) is 10.0. The quantitative estimate of drug-likeness (QED) is 0.0962. The van der Waals surface area contributed by atoms with Crippen molar-refractivity contribution >= 4 is 25.8 Å². The Morgan fingerprint density at radius 1 is 0.426 bits per heavy atom. The molecule has 0 heterocycles. The van der Waals surface area contributed by atoms with E-state index in [0.29, 0.717) is 0 Å². The van der Waals surface area contributed by atoms with E-state index in [0.717, 1.165) is 30.3 Å². The van der Waals surface area contributed by atoms with E-state index in [1.165, 1.54) is 66.1 Å². The van der Waals surface area contributed by atoms with E-state index in [-0.39, 0.29) is 24.8 Å². The number of benzene rings is 8. The third kappa shape index (κ3) is 10.5. The summed E-state index contributed by atoms with van der Waals surface area (Å²) in [4.78, 5) is 0. The van der Waals surface area contributed by atoms with Crippen molar-refractivity contribution in [2.24, 2.45) is 0 Å². The molecule has 0 fully saturated rings. The minimum atomic E-state index is 0. The molecule has 54 heavy (non-hydrogen) atoms. The fraction of sp³-hybridized carbons (Fsp3) is 0.0196. The summed E-state index contributed by atoms with van der Waals surface area (Å²) in [5.41, 5.74) is 10.8. The van der Waals surface area contributed by atoms with Gasteiger partial charge >= 0.3 is 28.2 Å². The van der Waals surface area contributed by atoms with Crippen LogP contribution in [0.15, 0.2) is 218 Å². The molecular weight excluding hydrogens is 862 g/mol. The number of halogens is 2. The summed E-state index contributed by atoms with van der Waals surface area (Å²) in [5.74, 6) is 0. The first-order valence-corrected chi connectivity index (χ1v) is 20.1. The van der Waals surface area contributed by atoms with E-state index >= 15 is 0 Å². The van der Waals surface area contributed by atoms with Gasteiger partial charge < -0.3 is 24.8 Å². The second-order valence-corrected chi connectivity index (χ2v) is 12.1. The van der Waals surface area contributed by atoms with Crippen molar-refractivity contribution in [3.63, 3.8) is 0 Å². The van der Waals surface area contributed by atoms with E-state index in [1.54, 1.807) is 0 Å². The summed E-state index contributed by atoms with van der Waals surface area (Å²) >= 11 is 1.06. The first-order valence-electron chi connectivity index (χ1n) is 17.5. The van der Waals surface area contributed by atoms with Crippen molar-refractivity contribution in [3.8, 4) is 33.4 Å². The van der Waals surface area contributed by atoms with Crippen molar-refractivity contribution in [3.05, 3.63) is 236 Å². The maximum absolute atomic E-state index is 3.48. The predicted molar refractivity (Wildman–Crippen MR) is 221 cm³/mol. The molecule has 0 atom stereocenters. The first kappa shape index (κ1) is 41.7. The number of hydrogen-bond acceptors (Lipinski definition) is 0. The number of hydrogen-bond donors (Lipinski definition) is 0. The Bertz CT molecular complexity index is 2220. The second-order valence-electron chi connectivity index (χ2n) is 12.1. The molecule has 0 spiro atoms. The van der Waals surface area contributed by atoms with Crippen LogP contribution >= 0.6 is 0 Å². The molecule has 0 aliphatic heterocycles. The van der Waals surface area contributed by atoms with Gasteiger partial charge in [0.2, 0.25) is 0 Å². The Kier molecular flexibility index (Phi) is 17.2. The van der Waals surface area contributed by atoms with E-state index in [1.807, 2.05) is 60.7 Å². The van der Waals surface area contributed by atoms with Gasteiger partial charge in [0.25, 0.3) is 0 Å². The van der Waals surface area contributed by atoms with Gasteiger partial charge in [-0.05, 0) is 50.8 Å². The zero-order chi connectivity index (χ0) is 35.8. The van der Waals surface area contributed by atoms with Crippen LogP contribution in [0.5, 0.6) is 0 Å². The third-order valence-electron chi connectivity index (χ3n) is 8.92. The van der Waals surface area contributed by atoms with Gasteiger partial charge in [0, 0.05) is 0 Å². The molecule has 0 saturated carbocycles. The maximum Gasteiger partial charge on any atom is -0.0184 e. The van der Waals surface area contributed by atoms with Crippen LogP contribution in [-0.2, 0) is 30.3 Å². The van der Waals surface area contributed by atoms with Crippen LogP contribution < -0.4 is 24.8 Å². The molecule has 0 amide bonds. The number of fused-ring (bicyclic) bond motifs is 8. The van der Waals surface area contributed by atoms with Crippen LogP contribution in [0.1, 0.15) is 11.1 Å². The molecule has 0 nitrogen and oxygen atoms in total. The molecule has 0 N–H and O–H groups in total. The van der Waals surface area contributed by atoms with Crippen LogP contribution in [0.2, 0.25) is 0 Å². The van der Waals surface area contributed by atoms with Crippen molar-refractivity contribution in [1.29, 1.82) is 0 Å². The average molecular weight is 902 g/mol. The molecule has 3 heteroatoms. The van der Waals surface area contributed by atoms with Gasteiger partial charge in [-0.1, -0.05) is 175 Å². The largest absolute Gasteiger partial charge is 1.00 e. The fourth-order valence-corrected chi connectivity index (χ4v) is 6.57. The Morgan fingerprint density at radius 2 is 0.833 bits per heavy atom. The standard InChI is InChI=1S/C21H13.2C12H10.C5H5.CH2.2ClH.Hf/c1-2-8-15-14(7-1)13-20-18-11-4-3-9-16(18)17-10-5-6-12-19(17)21(15)20;2*1-3-7-11(8-4-1)12-9-5-2-6-10-12;1-2-4-5-3-1;;;;/h1-10,12H,13H2;2*1-10H;1-5H;1H2;2*1H;/q-1;;;-1;;;;+2/p-2. The van der Waals surface area contributed by atoms with Gasteiger partial charge in [-0.15, -0.1) is 40.6 Å². The average Bonchev–Trinajstić information content (AvgIpc) is 3.97. The van der Waals surface area contributed by atoms with Crippen LogP contribution in [-0.4, -0.2) is 4.26 Å². The van der Waals surface area contributed by atoms with Gasteiger partial charge in [0.05, 0.1) is 0 Å². The van der Waals surface area contributed by atoms with Crippen molar-refractivity contribution in [2.45, 2.75) is 6.42 Å². The third-order valence-corrected chi connectivity index (χ3v) is 8.92. The molecule has 10 rings (SSSR count). The van der Waals surface area contributed by atoms with Gasteiger partial charge in [-0.3, -0.25) is 0 Å². The molecule has 0 aromatic heterocycles. The summed E-state index contributed by atoms with van der Waals surface area (Å²) in [6, 6.07) is 78.9. The van der Waals surface area contributed by atoms with Gasteiger partial charge in [-0.2, -0.15) is 18.2 Å². The zero-order valence-corrected chi connectivity index (χ0v) is 35.1. The Hall–Kier alpha value is -5.05. The van der Waals surface area contributed by atoms with Crippen molar-refractivity contribution < 1.29 is 48.7 Å². The molecule has 264 valence electrons. The smallest absolute Gasteiger partial charge is 0.0184 e. The topological polar surface area (TPSA) is 0 Å². The Balaban J connectivity index is 0.000000171. The first-order chi connectivity index (χ1) is 25.9. The molecule has 0 unspecified atom stereocenters. The molecule has 9 aromatic carbocycles. The number of rotatable bonds is 2. The van der Waals surface area contributed by atoms with Crippen LogP contribution in [0, 0.1) is 6.07 Å². The van der Waals surface area contributed by atoms with Crippen LogP contribution in [0.4, 0.5) is 0 Å². The molecule has 0 bridgehead atoms. The Labute approximate surface area is 347 Å². The summed E-state index contributed by atoms with van der Waals surface area (Å²) in [7, 11) is 0. The van der Waals surface area contributed by atoms with E-state index in [2.05, 4.69) is 168 Å². The monoisotopic (exact) mass is 902 g/mol. The van der Waals surface area contributed by atoms with Crippen molar-refractivity contribution in [2.75, 3.05) is 0 Å². The zero-order valence-electron chi connectivity index (χ0n) is 30.0. The maximum atomic E-state index is 3.48. The van der Waals surface area contributed by atoms with E-state index < -0.39 is 0 Å². The minimum absolute atomic E-state index is 0. The van der Waals surface area contributed by atoms with Gasteiger partial charge in [0.1, 0.15) is 0 Å². The Morgan fingerprint density at radius 3 is 1.30 bits per heavy atom. The molecule has 9 aromatic rings. The molecule has 0 saturated heterocycles. The van der Waals surface area contributed by atoms with Crippen molar-refractivity contribution in [1.82, 2.24) is 0 Å². The fourth-order valence-electron chi connectivity index (χ4n) is 6.57.